The molecule has 3 N–H and O–H groups in total. The van der Waals surface area contributed by atoms with Gasteiger partial charge >= 0.3 is 0 Å². The van der Waals surface area contributed by atoms with Crippen molar-refractivity contribution in [2.75, 3.05) is 5.73 Å². The van der Waals surface area contributed by atoms with E-state index in [1.54, 1.807) is 12.1 Å². The number of hydrogen-bond donors (Lipinski definition) is 2. The second-order valence-corrected chi connectivity index (χ2v) is 5.85. The number of phenolic OH excluding ortho intramolecular Hbond substituents is 1. The third kappa shape index (κ3) is 2.60. The van der Waals surface area contributed by atoms with E-state index in [1.165, 1.54) is 24.8 Å². The van der Waals surface area contributed by atoms with Crippen LogP contribution in [0.5, 0.6) is 5.75 Å². The van der Waals surface area contributed by atoms with Crippen LogP contribution in [-0.2, 0) is 6.42 Å². The van der Waals surface area contributed by atoms with Crippen molar-refractivity contribution in [3.8, 4) is 17.0 Å². The maximum Gasteiger partial charge on any atom is 0.124 e. The maximum absolute atomic E-state index is 10.3. The van der Waals surface area contributed by atoms with Crippen LogP contribution in [0, 0.1) is 0 Å². The molecule has 2 aromatic rings. The molecule has 0 radical (unpaired) electrons. The Morgan fingerprint density at radius 2 is 2.05 bits per heavy atom. The first kappa shape index (κ1) is 13.9. The summed E-state index contributed by atoms with van der Waals surface area (Å²) in [5.41, 5.74) is 10.3. The standard InChI is InChI=1S/C18H22N2O/c1-2-5-14-16(21)11-10-13(18(14)12-6-3-7-12)15-8-4-9-17(19)20-15/h4,8-12,21H,2-3,5-7H2,1H3,(H2,19,20). The lowest BCUT2D eigenvalue weighted by Crippen LogP contribution is -2.13. The summed E-state index contributed by atoms with van der Waals surface area (Å²) in [4.78, 5) is 4.47. The van der Waals surface area contributed by atoms with Crippen LogP contribution >= 0.6 is 0 Å². The number of hydrogen-bond acceptors (Lipinski definition) is 3. The van der Waals surface area contributed by atoms with E-state index in [0.29, 0.717) is 17.5 Å². The Bertz CT molecular complexity index is 648. The molecule has 1 heterocycles. The van der Waals surface area contributed by atoms with E-state index in [0.717, 1.165) is 29.7 Å². The molecule has 3 heteroatoms. The number of phenols is 1. The second kappa shape index (κ2) is 5.76. The van der Waals surface area contributed by atoms with Crippen LogP contribution in [0.3, 0.4) is 0 Å². The van der Waals surface area contributed by atoms with Crippen molar-refractivity contribution in [1.82, 2.24) is 4.98 Å². The summed E-state index contributed by atoms with van der Waals surface area (Å²) in [5.74, 6) is 1.51. The molecular weight excluding hydrogens is 260 g/mol. The van der Waals surface area contributed by atoms with Crippen molar-refractivity contribution in [3.05, 3.63) is 41.5 Å². The molecule has 1 aliphatic rings. The average molecular weight is 282 g/mol. The Morgan fingerprint density at radius 3 is 2.67 bits per heavy atom. The van der Waals surface area contributed by atoms with Crippen molar-refractivity contribution in [2.24, 2.45) is 0 Å². The van der Waals surface area contributed by atoms with E-state index < -0.39 is 0 Å². The van der Waals surface area contributed by atoms with Gasteiger partial charge in [0.25, 0.3) is 0 Å². The number of anilines is 1. The first-order chi connectivity index (χ1) is 10.2. The molecule has 1 aromatic heterocycles. The fourth-order valence-corrected chi connectivity index (χ4v) is 3.15. The Morgan fingerprint density at radius 1 is 1.24 bits per heavy atom. The predicted molar refractivity (Wildman–Crippen MR) is 86.3 cm³/mol. The van der Waals surface area contributed by atoms with Gasteiger partial charge in [0.1, 0.15) is 11.6 Å². The monoisotopic (exact) mass is 282 g/mol. The highest BCUT2D eigenvalue weighted by molar-refractivity contribution is 5.69. The normalized spacial score (nSPS) is 14.9. The van der Waals surface area contributed by atoms with Crippen LogP contribution < -0.4 is 5.73 Å². The molecular formula is C18H22N2O. The number of aromatic hydroxyl groups is 1. The van der Waals surface area contributed by atoms with Gasteiger partial charge in [-0.15, -0.1) is 0 Å². The molecule has 21 heavy (non-hydrogen) atoms. The Labute approximate surface area is 125 Å². The first-order valence-electron chi connectivity index (χ1n) is 7.78. The molecule has 1 fully saturated rings. The molecule has 0 bridgehead atoms. The fourth-order valence-electron chi connectivity index (χ4n) is 3.15. The molecule has 0 atom stereocenters. The molecule has 0 aliphatic heterocycles. The molecule has 0 spiro atoms. The minimum atomic E-state index is 0.423. The van der Waals surface area contributed by atoms with Gasteiger partial charge in [0.2, 0.25) is 0 Å². The number of nitrogens with two attached hydrogens (primary N) is 1. The molecule has 1 saturated carbocycles. The summed E-state index contributed by atoms with van der Waals surface area (Å²) in [6.45, 7) is 2.15. The van der Waals surface area contributed by atoms with Crippen molar-refractivity contribution in [1.29, 1.82) is 0 Å². The number of pyridine rings is 1. The molecule has 110 valence electrons. The van der Waals surface area contributed by atoms with Gasteiger partial charge in [-0.25, -0.2) is 4.98 Å². The summed E-state index contributed by atoms with van der Waals surface area (Å²) in [7, 11) is 0. The zero-order valence-electron chi connectivity index (χ0n) is 12.5. The summed E-state index contributed by atoms with van der Waals surface area (Å²) >= 11 is 0. The summed E-state index contributed by atoms with van der Waals surface area (Å²) in [6, 6.07) is 9.53. The molecule has 3 rings (SSSR count). The van der Waals surface area contributed by atoms with Gasteiger partial charge in [0.05, 0.1) is 5.69 Å². The van der Waals surface area contributed by atoms with Crippen LogP contribution in [0.4, 0.5) is 5.82 Å². The van der Waals surface area contributed by atoms with Gasteiger partial charge in [-0.1, -0.05) is 25.8 Å². The Balaban J connectivity index is 2.17. The fraction of sp³-hybridized carbons (Fsp3) is 0.389. The zero-order chi connectivity index (χ0) is 14.8. The Kier molecular flexibility index (Phi) is 3.82. The summed E-state index contributed by atoms with van der Waals surface area (Å²) in [5, 5.41) is 10.3. The van der Waals surface area contributed by atoms with Crippen LogP contribution in [0.1, 0.15) is 49.7 Å². The van der Waals surface area contributed by atoms with Gasteiger partial charge in [0, 0.05) is 5.56 Å². The molecule has 1 aliphatic carbocycles. The lowest BCUT2D eigenvalue weighted by atomic mass is 9.75. The third-order valence-corrected chi connectivity index (χ3v) is 4.39. The van der Waals surface area contributed by atoms with E-state index in [2.05, 4.69) is 11.9 Å². The van der Waals surface area contributed by atoms with Crippen molar-refractivity contribution in [2.45, 2.75) is 44.9 Å². The van der Waals surface area contributed by atoms with Crippen LogP contribution in [0.25, 0.3) is 11.3 Å². The lowest BCUT2D eigenvalue weighted by molar-refractivity contribution is 0.411. The summed E-state index contributed by atoms with van der Waals surface area (Å²) < 4.78 is 0. The van der Waals surface area contributed by atoms with E-state index in [-0.39, 0.29) is 0 Å². The van der Waals surface area contributed by atoms with Crippen molar-refractivity contribution in [3.63, 3.8) is 0 Å². The summed E-state index contributed by atoms with van der Waals surface area (Å²) in [6.07, 6.45) is 5.62. The molecule has 0 unspecified atom stereocenters. The van der Waals surface area contributed by atoms with Crippen molar-refractivity contribution < 1.29 is 5.11 Å². The van der Waals surface area contributed by atoms with Crippen molar-refractivity contribution >= 4 is 5.82 Å². The van der Waals surface area contributed by atoms with Crippen LogP contribution in [0.2, 0.25) is 0 Å². The smallest absolute Gasteiger partial charge is 0.124 e. The highest BCUT2D eigenvalue weighted by Gasteiger charge is 2.27. The van der Waals surface area contributed by atoms with Crippen LogP contribution in [0.15, 0.2) is 30.3 Å². The number of aromatic nitrogens is 1. The molecule has 0 saturated heterocycles. The van der Waals surface area contributed by atoms with E-state index in [1.807, 2.05) is 18.2 Å². The minimum absolute atomic E-state index is 0.423. The molecule has 1 aromatic carbocycles. The van der Waals surface area contributed by atoms with E-state index >= 15 is 0 Å². The predicted octanol–water partition coefficient (Wildman–Crippen LogP) is 4.26. The highest BCUT2D eigenvalue weighted by atomic mass is 16.3. The van der Waals surface area contributed by atoms with Gasteiger partial charge in [-0.3, -0.25) is 0 Å². The maximum atomic E-state index is 10.3. The average Bonchev–Trinajstić information content (AvgIpc) is 2.41. The quantitative estimate of drug-likeness (QED) is 0.881. The number of rotatable bonds is 4. The Hall–Kier alpha value is -2.03. The number of nitrogen functional groups attached to an aromatic ring is 1. The first-order valence-corrected chi connectivity index (χ1v) is 7.78. The minimum Gasteiger partial charge on any atom is -0.508 e. The lowest BCUT2D eigenvalue weighted by Gasteiger charge is -2.30. The molecule has 0 amide bonds. The van der Waals surface area contributed by atoms with Crippen LogP contribution in [-0.4, -0.2) is 10.1 Å². The third-order valence-electron chi connectivity index (χ3n) is 4.39. The molecule has 3 nitrogen and oxygen atoms in total. The van der Waals surface area contributed by atoms with Gasteiger partial charge in [-0.2, -0.15) is 0 Å². The second-order valence-electron chi connectivity index (χ2n) is 5.85. The van der Waals surface area contributed by atoms with Gasteiger partial charge < -0.3 is 10.8 Å². The number of nitrogens with zero attached hydrogens (tertiary/aromatic N) is 1. The highest BCUT2D eigenvalue weighted by Crippen LogP contribution is 2.45. The number of benzene rings is 1. The van der Waals surface area contributed by atoms with Gasteiger partial charge in [0.15, 0.2) is 0 Å². The topological polar surface area (TPSA) is 59.1 Å². The zero-order valence-corrected chi connectivity index (χ0v) is 12.5. The van der Waals surface area contributed by atoms with E-state index in [4.69, 9.17) is 5.73 Å². The SMILES string of the molecule is CCCc1c(O)ccc(-c2cccc(N)n2)c1C1CCC1. The van der Waals surface area contributed by atoms with Gasteiger partial charge in [-0.05, 0) is 60.6 Å². The largest absolute Gasteiger partial charge is 0.508 e. The van der Waals surface area contributed by atoms with E-state index in [9.17, 15) is 5.11 Å².